The molecular weight excluding hydrogens is 418 g/mol. The summed E-state index contributed by atoms with van der Waals surface area (Å²) in [5.74, 6) is 0.778. The molecule has 32 heavy (non-hydrogen) atoms. The van der Waals surface area contributed by atoms with E-state index in [9.17, 15) is 9.59 Å². The smallest absolute Gasteiger partial charge is 0.246 e. The highest BCUT2D eigenvalue weighted by Crippen LogP contribution is 2.22. The maximum absolute atomic E-state index is 12.8. The summed E-state index contributed by atoms with van der Waals surface area (Å²) in [6, 6.07) is 14.5. The molecule has 0 spiro atoms. The lowest BCUT2D eigenvalue weighted by molar-refractivity contribution is -0.133. The molecular formula is C26H33N3O2S. The average Bonchev–Trinajstić information content (AvgIpc) is 3.36. The number of nitrogens with zero attached hydrogens (tertiary/aromatic N) is 3. The molecule has 3 heterocycles. The summed E-state index contributed by atoms with van der Waals surface area (Å²) in [5, 5.41) is 2.02. The topological polar surface area (TPSA) is 43.9 Å². The molecule has 0 N–H and O–H groups in total. The average molecular weight is 452 g/mol. The minimum Gasteiger partial charge on any atom is -0.340 e. The minimum atomic E-state index is 0.0870. The number of piperidine rings is 1. The fourth-order valence-electron chi connectivity index (χ4n) is 4.63. The third kappa shape index (κ3) is 6.53. The predicted molar refractivity (Wildman–Crippen MR) is 130 cm³/mol. The predicted octanol–water partition coefficient (Wildman–Crippen LogP) is 4.12. The summed E-state index contributed by atoms with van der Waals surface area (Å²) < 4.78 is 0. The van der Waals surface area contributed by atoms with Crippen LogP contribution in [0.15, 0.2) is 53.9 Å². The number of benzene rings is 1. The second-order valence-electron chi connectivity index (χ2n) is 8.82. The Morgan fingerprint density at radius 1 is 0.969 bits per heavy atom. The molecule has 2 saturated heterocycles. The lowest BCUT2D eigenvalue weighted by Gasteiger charge is -2.36. The third-order valence-corrected chi connectivity index (χ3v) is 7.34. The largest absolute Gasteiger partial charge is 0.340 e. The van der Waals surface area contributed by atoms with Crippen molar-refractivity contribution in [2.24, 2.45) is 5.92 Å². The van der Waals surface area contributed by atoms with Crippen LogP contribution >= 0.6 is 11.3 Å². The third-order valence-electron chi connectivity index (χ3n) is 6.50. The van der Waals surface area contributed by atoms with Gasteiger partial charge >= 0.3 is 0 Å². The molecule has 0 radical (unpaired) electrons. The van der Waals surface area contributed by atoms with E-state index < -0.39 is 0 Å². The summed E-state index contributed by atoms with van der Waals surface area (Å²) in [6.45, 7) is 6.04. The molecule has 6 heteroatoms. The molecule has 1 atom stereocenters. The molecule has 1 aromatic heterocycles. The fourth-order valence-corrected chi connectivity index (χ4v) is 5.25. The van der Waals surface area contributed by atoms with Gasteiger partial charge in [-0.05, 0) is 48.3 Å². The Morgan fingerprint density at radius 2 is 1.78 bits per heavy atom. The van der Waals surface area contributed by atoms with Crippen molar-refractivity contribution < 1.29 is 9.59 Å². The molecule has 1 aromatic carbocycles. The van der Waals surface area contributed by atoms with E-state index in [0.29, 0.717) is 12.3 Å². The van der Waals surface area contributed by atoms with E-state index in [4.69, 9.17) is 0 Å². The molecule has 4 rings (SSSR count). The van der Waals surface area contributed by atoms with Gasteiger partial charge in [-0.3, -0.25) is 14.5 Å². The first-order chi connectivity index (χ1) is 15.7. The second-order valence-corrected chi connectivity index (χ2v) is 9.80. The molecule has 5 nitrogen and oxygen atoms in total. The molecule has 2 fully saturated rings. The molecule has 170 valence electrons. The first-order valence-electron chi connectivity index (χ1n) is 11.7. The van der Waals surface area contributed by atoms with Crippen molar-refractivity contribution in [1.82, 2.24) is 14.7 Å². The first kappa shape index (κ1) is 22.7. The van der Waals surface area contributed by atoms with Crippen LogP contribution in [-0.4, -0.2) is 65.8 Å². The number of hydrogen-bond acceptors (Lipinski definition) is 4. The second kappa shape index (κ2) is 11.4. The number of piperazine rings is 1. The number of thiophene rings is 1. The molecule has 0 aliphatic carbocycles. The summed E-state index contributed by atoms with van der Waals surface area (Å²) in [4.78, 5) is 32.8. The summed E-state index contributed by atoms with van der Waals surface area (Å²) in [7, 11) is 0. The molecule has 0 saturated carbocycles. The Bertz CT molecular complexity index is 889. The van der Waals surface area contributed by atoms with Crippen molar-refractivity contribution in [2.45, 2.75) is 32.2 Å². The van der Waals surface area contributed by atoms with Crippen molar-refractivity contribution in [3.05, 3.63) is 64.4 Å². The lowest BCUT2D eigenvalue weighted by Crippen LogP contribution is -2.48. The summed E-state index contributed by atoms with van der Waals surface area (Å²) in [5.41, 5.74) is 1.33. The summed E-state index contributed by atoms with van der Waals surface area (Å²) >= 11 is 1.63. The van der Waals surface area contributed by atoms with Crippen LogP contribution in [0.25, 0.3) is 6.08 Å². The number of amides is 2. The highest BCUT2D eigenvalue weighted by atomic mass is 32.1. The monoisotopic (exact) mass is 451 g/mol. The van der Waals surface area contributed by atoms with Gasteiger partial charge in [0.25, 0.3) is 0 Å². The van der Waals surface area contributed by atoms with Gasteiger partial charge in [-0.2, -0.15) is 0 Å². The standard InChI is InChI=1S/C26H33N3O2S/c30-25(28-17-15-27(16-18-28)20-22-6-2-1-3-7-22)12-10-23-8-4-14-29(21-23)26(31)13-11-24-9-5-19-32-24/h1-3,5-7,9,11,13,19,23H,4,8,10,12,14-18,20-21H2. The van der Waals surface area contributed by atoms with Gasteiger partial charge < -0.3 is 9.80 Å². The quantitative estimate of drug-likeness (QED) is 0.595. The van der Waals surface area contributed by atoms with Crippen LogP contribution in [0, 0.1) is 5.92 Å². The van der Waals surface area contributed by atoms with Gasteiger partial charge in [-0.25, -0.2) is 0 Å². The Hall–Kier alpha value is -2.44. The van der Waals surface area contributed by atoms with Crippen LogP contribution in [0.1, 0.15) is 36.1 Å². The zero-order valence-corrected chi connectivity index (χ0v) is 19.5. The van der Waals surface area contributed by atoms with Crippen molar-refractivity contribution >= 4 is 29.2 Å². The molecule has 2 aliphatic rings. The number of hydrogen-bond donors (Lipinski definition) is 0. The van der Waals surface area contributed by atoms with Crippen LogP contribution in [0.5, 0.6) is 0 Å². The van der Waals surface area contributed by atoms with Crippen molar-refractivity contribution in [2.75, 3.05) is 39.3 Å². The van der Waals surface area contributed by atoms with Crippen LogP contribution in [-0.2, 0) is 16.1 Å². The molecule has 0 bridgehead atoms. The number of rotatable bonds is 7. The van der Waals surface area contributed by atoms with Gasteiger partial charge in [0.2, 0.25) is 11.8 Å². The van der Waals surface area contributed by atoms with E-state index in [1.165, 1.54) is 5.56 Å². The van der Waals surface area contributed by atoms with E-state index in [2.05, 4.69) is 29.2 Å². The van der Waals surface area contributed by atoms with E-state index in [1.807, 2.05) is 39.5 Å². The molecule has 2 aliphatic heterocycles. The van der Waals surface area contributed by atoms with Gasteiger partial charge in [0.05, 0.1) is 0 Å². The first-order valence-corrected chi connectivity index (χ1v) is 12.6. The maximum Gasteiger partial charge on any atom is 0.246 e. The highest BCUT2D eigenvalue weighted by Gasteiger charge is 2.25. The van der Waals surface area contributed by atoms with E-state index in [1.54, 1.807) is 17.4 Å². The van der Waals surface area contributed by atoms with Gasteiger partial charge in [0, 0.05) is 63.2 Å². The zero-order chi connectivity index (χ0) is 22.2. The van der Waals surface area contributed by atoms with E-state index >= 15 is 0 Å². The van der Waals surface area contributed by atoms with Crippen molar-refractivity contribution in [3.8, 4) is 0 Å². The van der Waals surface area contributed by atoms with Gasteiger partial charge in [0.15, 0.2) is 0 Å². The Balaban J connectivity index is 1.17. The van der Waals surface area contributed by atoms with Gasteiger partial charge in [-0.1, -0.05) is 36.4 Å². The van der Waals surface area contributed by atoms with Gasteiger partial charge in [-0.15, -0.1) is 11.3 Å². The van der Waals surface area contributed by atoms with Crippen LogP contribution in [0.2, 0.25) is 0 Å². The molecule has 2 amide bonds. The van der Waals surface area contributed by atoms with E-state index in [0.717, 1.165) is 70.0 Å². The van der Waals surface area contributed by atoms with Crippen LogP contribution < -0.4 is 0 Å². The summed E-state index contributed by atoms with van der Waals surface area (Å²) in [6.07, 6.45) is 7.19. The minimum absolute atomic E-state index is 0.0870. The number of carbonyl (C=O) groups excluding carboxylic acids is 2. The van der Waals surface area contributed by atoms with Crippen LogP contribution in [0.4, 0.5) is 0 Å². The Labute approximate surface area is 195 Å². The van der Waals surface area contributed by atoms with Crippen molar-refractivity contribution in [1.29, 1.82) is 0 Å². The number of likely N-dealkylation sites (tertiary alicyclic amines) is 1. The fraction of sp³-hybridized carbons (Fsp3) is 0.462. The highest BCUT2D eigenvalue weighted by molar-refractivity contribution is 7.10. The SMILES string of the molecule is O=C(C=Cc1cccs1)N1CCCC(CCC(=O)N2CCN(Cc3ccccc3)CC2)C1. The van der Waals surface area contributed by atoms with Crippen LogP contribution in [0.3, 0.4) is 0 Å². The van der Waals surface area contributed by atoms with E-state index in [-0.39, 0.29) is 11.8 Å². The zero-order valence-electron chi connectivity index (χ0n) is 18.7. The Morgan fingerprint density at radius 3 is 2.53 bits per heavy atom. The molecule has 2 aromatic rings. The maximum atomic E-state index is 12.8. The normalized spacial score (nSPS) is 20.1. The number of carbonyl (C=O) groups is 2. The molecule has 1 unspecified atom stereocenters. The van der Waals surface area contributed by atoms with Crippen molar-refractivity contribution in [3.63, 3.8) is 0 Å². The Kier molecular flexibility index (Phi) is 8.13. The van der Waals surface area contributed by atoms with Gasteiger partial charge in [0.1, 0.15) is 0 Å². The lowest BCUT2D eigenvalue weighted by atomic mass is 9.93.